The van der Waals surface area contributed by atoms with Gasteiger partial charge in [0.2, 0.25) is 0 Å². The maximum Gasteiger partial charge on any atom is 0.329 e. The summed E-state index contributed by atoms with van der Waals surface area (Å²) in [6.07, 6.45) is 6.42. The van der Waals surface area contributed by atoms with Crippen molar-refractivity contribution in [2.45, 2.75) is 44.6 Å². The van der Waals surface area contributed by atoms with Crippen LogP contribution in [0.25, 0.3) is 0 Å². The molecule has 20 heavy (non-hydrogen) atoms. The van der Waals surface area contributed by atoms with E-state index in [1.807, 2.05) is 0 Å². The molecule has 6 nitrogen and oxygen atoms in total. The van der Waals surface area contributed by atoms with Gasteiger partial charge in [0.15, 0.2) is 0 Å². The van der Waals surface area contributed by atoms with Gasteiger partial charge in [-0.15, -0.1) is 0 Å². The Morgan fingerprint density at radius 3 is 2.60 bits per heavy atom. The number of carboxylic acid groups (broad SMARTS) is 1. The van der Waals surface area contributed by atoms with Crippen LogP contribution < -0.4 is 5.32 Å². The normalized spacial score (nSPS) is 25.9. The molecule has 0 spiro atoms. The number of hydrogen-bond acceptors (Lipinski definition) is 4. The molecule has 0 radical (unpaired) electrons. The lowest BCUT2D eigenvalue weighted by Gasteiger charge is -2.37. The Balaban J connectivity index is 2.11. The van der Waals surface area contributed by atoms with Gasteiger partial charge in [-0.3, -0.25) is 4.79 Å². The topological polar surface area (TPSA) is 92.2 Å². The van der Waals surface area contributed by atoms with E-state index in [0.29, 0.717) is 24.3 Å². The van der Waals surface area contributed by atoms with E-state index < -0.39 is 17.4 Å². The number of aliphatic carboxylic acids is 1. The van der Waals surface area contributed by atoms with Gasteiger partial charge in [0, 0.05) is 0 Å². The molecular weight excluding hydrogens is 258 g/mol. The molecular formula is C14H19N3O3. The van der Waals surface area contributed by atoms with Crippen molar-refractivity contribution in [3.8, 4) is 0 Å². The van der Waals surface area contributed by atoms with Crippen LogP contribution in [0.1, 0.15) is 49.4 Å². The maximum absolute atomic E-state index is 12.1. The van der Waals surface area contributed by atoms with Crippen LogP contribution in [-0.2, 0) is 4.79 Å². The van der Waals surface area contributed by atoms with Crippen molar-refractivity contribution in [1.29, 1.82) is 0 Å². The van der Waals surface area contributed by atoms with Crippen molar-refractivity contribution in [3.05, 3.63) is 24.0 Å². The highest BCUT2D eigenvalue weighted by atomic mass is 16.4. The van der Waals surface area contributed by atoms with E-state index >= 15 is 0 Å². The van der Waals surface area contributed by atoms with E-state index in [1.165, 1.54) is 18.5 Å². The summed E-state index contributed by atoms with van der Waals surface area (Å²) >= 11 is 0. The number of carbonyl (C=O) groups is 2. The molecule has 1 aromatic rings. The molecule has 1 heterocycles. The zero-order valence-corrected chi connectivity index (χ0v) is 11.5. The lowest BCUT2D eigenvalue weighted by molar-refractivity contribution is -0.146. The fourth-order valence-corrected chi connectivity index (χ4v) is 2.69. The molecule has 1 aliphatic rings. The molecule has 0 unspecified atom stereocenters. The van der Waals surface area contributed by atoms with Gasteiger partial charge in [0.05, 0.1) is 18.0 Å². The van der Waals surface area contributed by atoms with Gasteiger partial charge in [-0.25, -0.2) is 4.79 Å². The Bertz CT molecular complexity index is 482. The lowest BCUT2D eigenvalue weighted by atomic mass is 9.75. The number of rotatable bonds is 4. The molecule has 0 atom stereocenters. The van der Waals surface area contributed by atoms with Gasteiger partial charge in [-0.2, -0.15) is 10.2 Å². The van der Waals surface area contributed by atoms with Crippen molar-refractivity contribution < 1.29 is 14.7 Å². The molecule has 2 rings (SSSR count). The summed E-state index contributed by atoms with van der Waals surface area (Å²) in [4.78, 5) is 23.7. The first-order valence-electron chi connectivity index (χ1n) is 6.90. The van der Waals surface area contributed by atoms with Crippen LogP contribution in [0.5, 0.6) is 0 Å². The van der Waals surface area contributed by atoms with Crippen molar-refractivity contribution in [1.82, 2.24) is 15.5 Å². The van der Waals surface area contributed by atoms with E-state index in [9.17, 15) is 14.7 Å². The molecule has 0 aromatic carbocycles. The highest BCUT2D eigenvalue weighted by molar-refractivity contribution is 5.97. The summed E-state index contributed by atoms with van der Waals surface area (Å²) in [5.41, 5.74) is -0.815. The molecule has 1 amide bonds. The summed E-state index contributed by atoms with van der Waals surface area (Å²) in [5.74, 6) is -0.804. The molecule has 0 saturated heterocycles. The van der Waals surface area contributed by atoms with Crippen LogP contribution in [0.2, 0.25) is 0 Å². The fourth-order valence-electron chi connectivity index (χ4n) is 2.69. The quantitative estimate of drug-likeness (QED) is 0.872. The van der Waals surface area contributed by atoms with Crippen LogP contribution >= 0.6 is 0 Å². The van der Waals surface area contributed by atoms with Crippen molar-refractivity contribution in [3.63, 3.8) is 0 Å². The first-order valence-corrected chi connectivity index (χ1v) is 6.90. The third-order valence-electron chi connectivity index (χ3n) is 4.14. The number of carbonyl (C=O) groups excluding carboxylic acids is 1. The zero-order valence-electron chi connectivity index (χ0n) is 11.5. The number of amides is 1. The van der Waals surface area contributed by atoms with E-state index in [4.69, 9.17) is 0 Å². The second-order valence-electron chi connectivity index (χ2n) is 5.32. The molecule has 1 fully saturated rings. The summed E-state index contributed by atoms with van der Waals surface area (Å²) in [6, 6.07) is 1.52. The van der Waals surface area contributed by atoms with Crippen molar-refractivity contribution >= 4 is 11.9 Å². The zero-order chi connectivity index (χ0) is 14.6. The van der Waals surface area contributed by atoms with Gasteiger partial charge in [-0.1, -0.05) is 13.3 Å². The Morgan fingerprint density at radius 1 is 1.40 bits per heavy atom. The van der Waals surface area contributed by atoms with Gasteiger partial charge < -0.3 is 10.4 Å². The predicted octanol–water partition coefficient (Wildman–Crippen LogP) is 1.63. The SMILES string of the molecule is CCC1CCC(NC(=O)c2ccnnc2)(C(=O)O)CC1. The maximum atomic E-state index is 12.1. The van der Waals surface area contributed by atoms with Crippen LogP contribution in [0.4, 0.5) is 0 Å². The highest BCUT2D eigenvalue weighted by Crippen LogP contribution is 2.34. The van der Waals surface area contributed by atoms with Crippen LogP contribution in [0, 0.1) is 5.92 Å². The highest BCUT2D eigenvalue weighted by Gasteiger charge is 2.43. The second-order valence-corrected chi connectivity index (χ2v) is 5.32. The number of aromatic nitrogens is 2. The van der Waals surface area contributed by atoms with Gasteiger partial charge >= 0.3 is 5.97 Å². The first kappa shape index (κ1) is 14.4. The van der Waals surface area contributed by atoms with Crippen molar-refractivity contribution in [2.75, 3.05) is 0 Å². The number of nitrogens with one attached hydrogen (secondary N) is 1. The number of hydrogen-bond donors (Lipinski definition) is 2. The average Bonchev–Trinajstić information content (AvgIpc) is 2.48. The van der Waals surface area contributed by atoms with E-state index in [2.05, 4.69) is 22.4 Å². The summed E-state index contributed by atoms with van der Waals surface area (Å²) in [6.45, 7) is 2.11. The molecule has 1 saturated carbocycles. The Kier molecular flexibility index (Phi) is 4.32. The first-order chi connectivity index (χ1) is 9.57. The minimum atomic E-state index is -1.15. The molecule has 6 heteroatoms. The predicted molar refractivity (Wildman–Crippen MR) is 72.1 cm³/mol. The van der Waals surface area contributed by atoms with Crippen LogP contribution in [0.3, 0.4) is 0 Å². The summed E-state index contributed by atoms with van der Waals surface area (Å²) in [5, 5.41) is 19.4. The molecule has 1 aliphatic carbocycles. The summed E-state index contributed by atoms with van der Waals surface area (Å²) in [7, 11) is 0. The minimum Gasteiger partial charge on any atom is -0.480 e. The largest absolute Gasteiger partial charge is 0.480 e. The molecule has 2 N–H and O–H groups in total. The molecule has 0 aliphatic heterocycles. The Hall–Kier alpha value is -1.98. The smallest absolute Gasteiger partial charge is 0.329 e. The van der Waals surface area contributed by atoms with E-state index in [0.717, 1.165) is 19.3 Å². The molecule has 0 bridgehead atoms. The second kappa shape index (κ2) is 5.98. The lowest BCUT2D eigenvalue weighted by Crippen LogP contribution is -2.56. The van der Waals surface area contributed by atoms with E-state index in [1.54, 1.807) is 0 Å². The van der Waals surface area contributed by atoms with Gasteiger partial charge in [0.1, 0.15) is 5.54 Å². The average molecular weight is 277 g/mol. The molecule has 108 valence electrons. The third-order valence-corrected chi connectivity index (χ3v) is 4.14. The Morgan fingerprint density at radius 2 is 2.10 bits per heavy atom. The molecule has 1 aromatic heterocycles. The monoisotopic (exact) mass is 277 g/mol. The third kappa shape index (κ3) is 2.95. The van der Waals surface area contributed by atoms with E-state index in [-0.39, 0.29) is 0 Å². The number of nitrogens with zero attached hydrogens (tertiary/aromatic N) is 2. The Labute approximate surface area is 117 Å². The van der Waals surface area contributed by atoms with Gasteiger partial charge in [-0.05, 0) is 37.7 Å². The minimum absolute atomic E-state index is 0.332. The van der Waals surface area contributed by atoms with Gasteiger partial charge in [0.25, 0.3) is 5.91 Å². The van der Waals surface area contributed by atoms with Crippen molar-refractivity contribution in [2.24, 2.45) is 5.92 Å². The van der Waals surface area contributed by atoms with Crippen LogP contribution in [0.15, 0.2) is 18.5 Å². The number of carboxylic acids is 1. The van der Waals surface area contributed by atoms with Crippen LogP contribution in [-0.4, -0.2) is 32.7 Å². The fraction of sp³-hybridized carbons (Fsp3) is 0.571. The standard InChI is InChI=1S/C14H19N3O3/c1-2-10-3-6-14(7-4-10,13(19)20)17-12(18)11-5-8-15-16-9-11/h5,8-10H,2-4,6-7H2,1H3,(H,17,18)(H,19,20). The summed E-state index contributed by atoms with van der Waals surface area (Å²) < 4.78 is 0.